The Morgan fingerprint density at radius 1 is 0.387 bits per heavy atom. The Morgan fingerprint density at radius 2 is 1.02 bits per heavy atom. The first-order valence-electron chi connectivity index (χ1n) is 21.4. The van der Waals surface area contributed by atoms with E-state index in [4.69, 9.17) is 4.42 Å². The fraction of sp³-hybridized carbons (Fsp3) is 0.0333. The molecule has 0 atom stereocenters. The Morgan fingerprint density at radius 3 is 1.77 bits per heavy atom. The number of para-hydroxylation sites is 1. The molecule has 0 amide bonds. The van der Waals surface area contributed by atoms with E-state index in [9.17, 15) is 0 Å². The Balaban J connectivity index is 1.11. The van der Waals surface area contributed by atoms with Gasteiger partial charge in [-0.3, -0.25) is 0 Å². The Hall–Kier alpha value is -7.94. The normalized spacial score (nSPS) is 12.7. The maximum Gasteiger partial charge on any atom is 0.135 e. The second-order valence-electron chi connectivity index (χ2n) is 16.4. The summed E-state index contributed by atoms with van der Waals surface area (Å²) in [7, 11) is 0. The summed E-state index contributed by atoms with van der Waals surface area (Å²) in [4.78, 5) is 2.47. The first-order chi connectivity index (χ1) is 30.7. The number of hydrogen-bond acceptors (Lipinski definition) is 2. The molecular formula is C60H41NO. The summed E-state index contributed by atoms with van der Waals surface area (Å²) in [6, 6.07) is 84.3. The molecule has 0 spiro atoms. The molecule has 1 aromatic heterocycles. The number of nitrogens with zero attached hydrogens (tertiary/aromatic N) is 1. The Kier molecular flexibility index (Phi) is 8.33. The highest BCUT2D eigenvalue weighted by atomic mass is 16.3. The predicted octanol–water partition coefficient (Wildman–Crippen LogP) is 16.2. The van der Waals surface area contributed by atoms with Crippen molar-refractivity contribution in [1.82, 2.24) is 0 Å². The van der Waals surface area contributed by atoms with Crippen molar-refractivity contribution in [1.29, 1.82) is 0 Å². The maximum atomic E-state index is 6.19. The van der Waals surface area contributed by atoms with E-state index in [1.807, 2.05) is 12.1 Å². The highest BCUT2D eigenvalue weighted by Crippen LogP contribution is 2.58. The zero-order chi connectivity index (χ0) is 41.2. The van der Waals surface area contributed by atoms with Gasteiger partial charge in [0.05, 0.1) is 11.1 Å². The van der Waals surface area contributed by atoms with Crippen molar-refractivity contribution in [2.45, 2.75) is 12.3 Å². The first kappa shape index (κ1) is 36.0. The average molecular weight is 792 g/mol. The number of fused-ring (bicyclic) bond motifs is 7. The van der Waals surface area contributed by atoms with Gasteiger partial charge < -0.3 is 9.32 Å². The molecule has 0 bridgehead atoms. The van der Waals surface area contributed by atoms with Gasteiger partial charge in [-0.2, -0.15) is 0 Å². The van der Waals surface area contributed by atoms with Crippen molar-refractivity contribution in [3.8, 4) is 33.4 Å². The summed E-state index contributed by atoms with van der Waals surface area (Å²) >= 11 is 0. The van der Waals surface area contributed by atoms with Crippen LogP contribution in [-0.2, 0) is 5.41 Å². The Labute approximate surface area is 361 Å². The largest absolute Gasteiger partial charge is 0.456 e. The number of rotatable bonds is 7. The van der Waals surface area contributed by atoms with Crippen LogP contribution in [0.15, 0.2) is 235 Å². The van der Waals surface area contributed by atoms with Crippen LogP contribution in [0.5, 0.6) is 0 Å². The van der Waals surface area contributed by atoms with Gasteiger partial charge in [0.25, 0.3) is 0 Å². The number of aryl methyl sites for hydroxylation is 1. The summed E-state index contributed by atoms with van der Waals surface area (Å²) in [6.07, 6.45) is 0. The fourth-order valence-electron chi connectivity index (χ4n) is 10.3. The van der Waals surface area contributed by atoms with Crippen molar-refractivity contribution >= 4 is 49.8 Å². The van der Waals surface area contributed by atoms with Gasteiger partial charge in [-0.1, -0.05) is 182 Å². The van der Waals surface area contributed by atoms with Crippen LogP contribution in [0.25, 0.3) is 66.1 Å². The molecule has 0 aliphatic heterocycles. The lowest BCUT2D eigenvalue weighted by Crippen LogP contribution is -2.28. The smallest absolute Gasteiger partial charge is 0.135 e. The van der Waals surface area contributed by atoms with E-state index in [1.165, 1.54) is 60.8 Å². The Bertz CT molecular complexity index is 3420. The molecule has 0 N–H and O–H groups in total. The maximum absolute atomic E-state index is 6.19. The molecule has 0 saturated carbocycles. The minimum atomic E-state index is -0.535. The first-order valence-corrected chi connectivity index (χ1v) is 21.4. The summed E-state index contributed by atoms with van der Waals surface area (Å²) in [5.41, 5.74) is 18.2. The molecule has 62 heavy (non-hydrogen) atoms. The standard InChI is InChI=1S/C60H41NO/c1-40-16-15-26-53-58(40)51-35-34-48(39-54(51)60(53,45-20-7-3-8-21-45)46-22-9-4-10-23-46)61(55-36-30-42-17-11-12-24-49(42)59(55)43-18-5-2-6-19-43)47-32-28-41(29-33-47)44-31-37-57-52(38-44)50-25-13-14-27-56(50)62-57/h2-39H,1H3. The second-order valence-corrected chi connectivity index (χ2v) is 16.4. The van der Waals surface area contributed by atoms with Crippen molar-refractivity contribution in [3.63, 3.8) is 0 Å². The van der Waals surface area contributed by atoms with Gasteiger partial charge >= 0.3 is 0 Å². The minimum Gasteiger partial charge on any atom is -0.456 e. The van der Waals surface area contributed by atoms with Gasteiger partial charge in [-0.25, -0.2) is 0 Å². The second kappa shape index (κ2) is 14.4. The van der Waals surface area contributed by atoms with E-state index >= 15 is 0 Å². The SMILES string of the molecule is Cc1cccc2c1-c1ccc(N(c3ccc(-c4ccc5oc6ccccc6c5c4)cc3)c3ccc4ccccc4c3-c3ccccc3)cc1C2(c1ccccc1)c1ccccc1. The van der Waals surface area contributed by atoms with Crippen molar-refractivity contribution in [3.05, 3.63) is 258 Å². The number of furan rings is 1. The van der Waals surface area contributed by atoms with Crippen LogP contribution in [0.2, 0.25) is 0 Å². The molecule has 12 rings (SSSR count). The molecule has 1 aliphatic carbocycles. The lowest BCUT2D eigenvalue weighted by Gasteiger charge is -2.35. The van der Waals surface area contributed by atoms with Crippen LogP contribution in [0, 0.1) is 6.92 Å². The zero-order valence-corrected chi connectivity index (χ0v) is 34.3. The number of hydrogen-bond donors (Lipinski definition) is 0. The van der Waals surface area contributed by atoms with E-state index in [2.05, 4.69) is 230 Å². The van der Waals surface area contributed by atoms with Gasteiger partial charge in [-0.15, -0.1) is 0 Å². The predicted molar refractivity (Wildman–Crippen MR) is 259 cm³/mol. The van der Waals surface area contributed by atoms with Crippen LogP contribution in [0.4, 0.5) is 17.1 Å². The van der Waals surface area contributed by atoms with Crippen molar-refractivity contribution < 1.29 is 4.42 Å². The third-order valence-corrected chi connectivity index (χ3v) is 13.1. The molecule has 292 valence electrons. The van der Waals surface area contributed by atoms with Crippen LogP contribution in [0.3, 0.4) is 0 Å². The molecular weight excluding hydrogens is 751 g/mol. The molecule has 2 nitrogen and oxygen atoms in total. The lowest BCUT2D eigenvalue weighted by atomic mass is 9.67. The fourth-order valence-corrected chi connectivity index (χ4v) is 10.3. The zero-order valence-electron chi connectivity index (χ0n) is 34.3. The highest BCUT2D eigenvalue weighted by molar-refractivity contribution is 6.07. The third-order valence-electron chi connectivity index (χ3n) is 13.1. The molecule has 1 aliphatic rings. The molecule has 1 heterocycles. The lowest BCUT2D eigenvalue weighted by molar-refractivity contribution is 0.669. The summed E-state index contributed by atoms with van der Waals surface area (Å²) in [5.74, 6) is 0. The van der Waals surface area contributed by atoms with E-state index in [0.29, 0.717) is 0 Å². The molecule has 0 unspecified atom stereocenters. The van der Waals surface area contributed by atoms with E-state index < -0.39 is 5.41 Å². The van der Waals surface area contributed by atoms with E-state index in [1.54, 1.807) is 0 Å². The van der Waals surface area contributed by atoms with E-state index in [0.717, 1.165) is 50.1 Å². The monoisotopic (exact) mass is 791 g/mol. The molecule has 11 aromatic rings. The van der Waals surface area contributed by atoms with Gasteiger partial charge in [0, 0.05) is 27.7 Å². The van der Waals surface area contributed by atoms with Crippen LogP contribution < -0.4 is 4.90 Å². The van der Waals surface area contributed by atoms with Crippen molar-refractivity contribution in [2.24, 2.45) is 0 Å². The molecule has 2 heteroatoms. The van der Waals surface area contributed by atoms with Gasteiger partial charge in [0.15, 0.2) is 0 Å². The van der Waals surface area contributed by atoms with E-state index in [-0.39, 0.29) is 0 Å². The summed E-state index contributed by atoms with van der Waals surface area (Å²) < 4.78 is 6.19. The quantitative estimate of drug-likeness (QED) is 0.160. The average Bonchev–Trinajstić information content (AvgIpc) is 3.86. The minimum absolute atomic E-state index is 0.535. The van der Waals surface area contributed by atoms with Gasteiger partial charge in [-0.05, 0) is 122 Å². The summed E-state index contributed by atoms with van der Waals surface area (Å²) in [6.45, 7) is 2.25. The van der Waals surface area contributed by atoms with Gasteiger partial charge in [0.1, 0.15) is 11.2 Å². The molecule has 0 radical (unpaired) electrons. The molecule has 10 aromatic carbocycles. The number of anilines is 3. The number of benzene rings is 10. The summed E-state index contributed by atoms with van der Waals surface area (Å²) in [5, 5.41) is 4.68. The van der Waals surface area contributed by atoms with Crippen LogP contribution >= 0.6 is 0 Å². The van der Waals surface area contributed by atoms with Crippen LogP contribution in [0.1, 0.15) is 27.8 Å². The highest BCUT2D eigenvalue weighted by Gasteiger charge is 2.47. The third kappa shape index (κ3) is 5.50. The van der Waals surface area contributed by atoms with Crippen LogP contribution in [-0.4, -0.2) is 0 Å². The molecule has 0 fully saturated rings. The van der Waals surface area contributed by atoms with Gasteiger partial charge in [0.2, 0.25) is 0 Å². The van der Waals surface area contributed by atoms with Crippen molar-refractivity contribution in [2.75, 3.05) is 4.90 Å². The topological polar surface area (TPSA) is 16.4 Å². The molecule has 0 saturated heterocycles.